The number of benzene rings is 2. The first-order chi connectivity index (χ1) is 12.3. The Kier molecular flexibility index (Phi) is 4.99. The monoisotopic (exact) mass is 395 g/mol. The van der Waals surface area contributed by atoms with E-state index in [0.29, 0.717) is 6.04 Å². The molecule has 3 aromatic rings. The predicted octanol–water partition coefficient (Wildman–Crippen LogP) is 4.86. The second-order valence-corrected chi connectivity index (χ2v) is 7.56. The maximum atomic E-state index is 4.68. The Bertz CT molecular complexity index is 824. The third-order valence-electron chi connectivity index (χ3n) is 4.90. The van der Waals surface area contributed by atoms with Gasteiger partial charge in [-0.15, -0.1) is 0 Å². The highest BCUT2D eigenvalue weighted by Gasteiger charge is 2.23. The van der Waals surface area contributed by atoms with Crippen LogP contribution in [0.1, 0.15) is 41.3 Å². The van der Waals surface area contributed by atoms with Crippen LogP contribution in [0.4, 0.5) is 0 Å². The third kappa shape index (κ3) is 3.86. The number of nitrogens with zero attached hydrogens (tertiary/aromatic N) is 2. The maximum Gasteiger partial charge on any atom is 0.0662 e. The van der Waals surface area contributed by atoms with Crippen molar-refractivity contribution in [2.45, 2.75) is 38.4 Å². The first-order valence-corrected chi connectivity index (χ1v) is 9.65. The van der Waals surface area contributed by atoms with E-state index in [0.717, 1.165) is 24.0 Å². The molecule has 2 aromatic carbocycles. The van der Waals surface area contributed by atoms with Gasteiger partial charge in [0.2, 0.25) is 0 Å². The number of hydrogen-bond donors (Lipinski definition) is 1. The Labute approximate surface area is 157 Å². The molecule has 1 aliphatic carbocycles. The Morgan fingerprint density at radius 3 is 2.64 bits per heavy atom. The van der Waals surface area contributed by atoms with E-state index in [2.05, 4.69) is 91.8 Å². The van der Waals surface area contributed by atoms with Crippen LogP contribution in [-0.4, -0.2) is 9.78 Å². The normalized spacial score (nSPS) is 16.6. The van der Waals surface area contributed by atoms with Crippen LogP contribution in [0.5, 0.6) is 0 Å². The topological polar surface area (TPSA) is 29.9 Å². The van der Waals surface area contributed by atoms with Crippen LogP contribution in [0.25, 0.3) is 0 Å². The molecule has 1 unspecified atom stereocenters. The first kappa shape index (κ1) is 16.6. The van der Waals surface area contributed by atoms with Gasteiger partial charge in [-0.2, -0.15) is 5.10 Å². The second-order valence-electron chi connectivity index (χ2n) is 6.64. The van der Waals surface area contributed by atoms with Gasteiger partial charge in [-0.05, 0) is 42.5 Å². The molecule has 0 amide bonds. The summed E-state index contributed by atoms with van der Waals surface area (Å²) in [4.78, 5) is 0. The lowest BCUT2D eigenvalue weighted by atomic mass is 9.92. The van der Waals surface area contributed by atoms with E-state index < -0.39 is 0 Å². The summed E-state index contributed by atoms with van der Waals surface area (Å²) in [5.74, 6) is 0. The SMILES string of the molecule is Brc1ccc(CNC2CCCc3c2cnn3Cc2ccccc2)cc1. The molecule has 3 nitrogen and oxygen atoms in total. The zero-order valence-corrected chi connectivity index (χ0v) is 15.7. The van der Waals surface area contributed by atoms with Crippen molar-refractivity contribution in [3.8, 4) is 0 Å². The van der Waals surface area contributed by atoms with Gasteiger partial charge in [0.05, 0.1) is 12.7 Å². The van der Waals surface area contributed by atoms with Crippen molar-refractivity contribution in [2.24, 2.45) is 0 Å². The fourth-order valence-corrected chi connectivity index (χ4v) is 3.83. The van der Waals surface area contributed by atoms with Crippen LogP contribution in [0.15, 0.2) is 65.3 Å². The molecule has 4 rings (SSSR count). The minimum absolute atomic E-state index is 0.400. The molecule has 1 aliphatic rings. The van der Waals surface area contributed by atoms with Gasteiger partial charge in [-0.25, -0.2) is 0 Å². The average molecular weight is 396 g/mol. The summed E-state index contributed by atoms with van der Waals surface area (Å²) in [7, 11) is 0. The molecule has 0 bridgehead atoms. The van der Waals surface area contributed by atoms with Gasteiger partial charge in [-0.3, -0.25) is 4.68 Å². The fourth-order valence-electron chi connectivity index (χ4n) is 3.57. The van der Waals surface area contributed by atoms with Gasteiger partial charge in [-0.1, -0.05) is 58.4 Å². The third-order valence-corrected chi connectivity index (χ3v) is 5.43. The van der Waals surface area contributed by atoms with Crippen molar-refractivity contribution in [1.82, 2.24) is 15.1 Å². The van der Waals surface area contributed by atoms with Crippen LogP contribution >= 0.6 is 15.9 Å². The molecule has 0 radical (unpaired) electrons. The number of rotatable bonds is 5. The van der Waals surface area contributed by atoms with Crippen LogP contribution in [-0.2, 0) is 19.5 Å². The molecule has 1 aromatic heterocycles. The number of halogens is 1. The summed E-state index contributed by atoms with van der Waals surface area (Å²) in [6.45, 7) is 1.75. The van der Waals surface area contributed by atoms with Gasteiger partial charge in [0, 0.05) is 28.3 Å². The van der Waals surface area contributed by atoms with E-state index in [4.69, 9.17) is 0 Å². The van der Waals surface area contributed by atoms with Crippen molar-refractivity contribution in [3.05, 3.63) is 87.7 Å². The van der Waals surface area contributed by atoms with Crippen LogP contribution in [0, 0.1) is 0 Å². The minimum Gasteiger partial charge on any atom is -0.306 e. The van der Waals surface area contributed by atoms with Crippen molar-refractivity contribution in [2.75, 3.05) is 0 Å². The lowest BCUT2D eigenvalue weighted by Gasteiger charge is -2.24. The van der Waals surface area contributed by atoms with E-state index in [1.54, 1.807) is 0 Å². The molecule has 25 heavy (non-hydrogen) atoms. The standard InChI is InChI=1S/C21H22BrN3/c22-18-11-9-16(10-12-18)13-23-20-7-4-8-21-19(20)14-24-25(21)15-17-5-2-1-3-6-17/h1-3,5-6,9-12,14,20,23H,4,7-8,13,15H2. The zero-order valence-electron chi connectivity index (χ0n) is 14.2. The molecular weight excluding hydrogens is 374 g/mol. The predicted molar refractivity (Wildman–Crippen MR) is 104 cm³/mol. The second kappa shape index (κ2) is 7.54. The molecular formula is C21H22BrN3. The Morgan fingerprint density at radius 2 is 1.84 bits per heavy atom. The van der Waals surface area contributed by atoms with Crippen molar-refractivity contribution in [1.29, 1.82) is 0 Å². The number of nitrogens with one attached hydrogen (secondary N) is 1. The highest BCUT2D eigenvalue weighted by Crippen LogP contribution is 2.30. The van der Waals surface area contributed by atoms with Gasteiger partial charge in [0.15, 0.2) is 0 Å². The summed E-state index contributed by atoms with van der Waals surface area (Å²) >= 11 is 3.49. The fraction of sp³-hybridized carbons (Fsp3) is 0.286. The Morgan fingerprint density at radius 1 is 1.04 bits per heavy atom. The number of fused-ring (bicyclic) bond motifs is 1. The molecule has 1 heterocycles. The molecule has 0 fully saturated rings. The lowest BCUT2D eigenvalue weighted by Crippen LogP contribution is -2.25. The molecule has 4 heteroatoms. The van der Waals surface area contributed by atoms with Crippen LogP contribution < -0.4 is 5.32 Å². The largest absolute Gasteiger partial charge is 0.306 e. The average Bonchev–Trinajstić information content (AvgIpc) is 3.06. The van der Waals surface area contributed by atoms with E-state index in [-0.39, 0.29) is 0 Å². The lowest BCUT2D eigenvalue weighted by molar-refractivity contribution is 0.449. The number of hydrogen-bond acceptors (Lipinski definition) is 2. The van der Waals surface area contributed by atoms with Crippen molar-refractivity contribution >= 4 is 15.9 Å². The summed E-state index contributed by atoms with van der Waals surface area (Å²) in [5, 5.41) is 8.40. The molecule has 0 aliphatic heterocycles. The molecule has 1 N–H and O–H groups in total. The minimum atomic E-state index is 0.400. The first-order valence-electron chi connectivity index (χ1n) is 8.86. The van der Waals surface area contributed by atoms with Gasteiger partial charge in [0.1, 0.15) is 0 Å². The van der Waals surface area contributed by atoms with E-state index >= 15 is 0 Å². The molecule has 1 atom stereocenters. The summed E-state index contributed by atoms with van der Waals surface area (Å²) in [6.07, 6.45) is 5.58. The molecule has 0 saturated heterocycles. The van der Waals surface area contributed by atoms with Crippen molar-refractivity contribution in [3.63, 3.8) is 0 Å². The zero-order chi connectivity index (χ0) is 17.1. The summed E-state index contributed by atoms with van der Waals surface area (Å²) < 4.78 is 3.30. The number of aromatic nitrogens is 2. The van der Waals surface area contributed by atoms with Crippen LogP contribution in [0.3, 0.4) is 0 Å². The molecule has 0 spiro atoms. The van der Waals surface area contributed by atoms with Gasteiger partial charge >= 0.3 is 0 Å². The van der Waals surface area contributed by atoms with E-state index in [9.17, 15) is 0 Å². The quantitative estimate of drug-likeness (QED) is 0.668. The Hall–Kier alpha value is -1.91. The maximum absolute atomic E-state index is 4.68. The van der Waals surface area contributed by atoms with E-state index in [1.165, 1.54) is 35.2 Å². The summed E-state index contributed by atoms with van der Waals surface area (Å²) in [5.41, 5.74) is 5.38. The van der Waals surface area contributed by atoms with Crippen molar-refractivity contribution < 1.29 is 0 Å². The molecule has 0 saturated carbocycles. The van der Waals surface area contributed by atoms with E-state index in [1.807, 2.05) is 0 Å². The highest BCUT2D eigenvalue weighted by atomic mass is 79.9. The smallest absolute Gasteiger partial charge is 0.0662 e. The Balaban J connectivity index is 1.47. The molecule has 128 valence electrons. The van der Waals surface area contributed by atoms with Crippen LogP contribution in [0.2, 0.25) is 0 Å². The van der Waals surface area contributed by atoms with Gasteiger partial charge < -0.3 is 5.32 Å². The highest BCUT2D eigenvalue weighted by molar-refractivity contribution is 9.10. The van der Waals surface area contributed by atoms with Gasteiger partial charge in [0.25, 0.3) is 0 Å². The summed E-state index contributed by atoms with van der Waals surface area (Å²) in [6, 6.07) is 19.5.